The minimum absolute atomic E-state index is 0.0558. The number of halogens is 1. The number of carbonyl (C=O) groups is 1. The van der Waals surface area contributed by atoms with Crippen LogP contribution in [0.2, 0.25) is 0 Å². The Morgan fingerprint density at radius 2 is 2.00 bits per heavy atom. The van der Waals surface area contributed by atoms with E-state index < -0.39 is 5.82 Å². The molecule has 0 unspecified atom stereocenters. The summed E-state index contributed by atoms with van der Waals surface area (Å²) in [6.07, 6.45) is 4.17. The number of hydrogen-bond acceptors (Lipinski definition) is 4. The van der Waals surface area contributed by atoms with E-state index in [0.717, 1.165) is 45.3 Å². The Hall–Kier alpha value is -1.66. The van der Waals surface area contributed by atoms with Gasteiger partial charge in [0.1, 0.15) is 11.6 Å². The van der Waals surface area contributed by atoms with Crippen molar-refractivity contribution in [1.82, 2.24) is 9.80 Å². The number of piperidine rings is 2. The molecule has 0 saturated carbocycles. The third kappa shape index (κ3) is 4.11. The number of carbonyl (C=O) groups excluding carboxylic acids is 1. The largest absolute Gasteiger partial charge is 0.497 e. The lowest BCUT2D eigenvalue weighted by atomic mass is 9.64. The maximum Gasteiger partial charge on any atom is 0.256 e. The highest BCUT2D eigenvalue weighted by Crippen LogP contribution is 2.45. The number of aliphatic hydroxyl groups is 1. The van der Waals surface area contributed by atoms with Gasteiger partial charge >= 0.3 is 0 Å². The maximum atomic E-state index is 14.3. The second-order valence-corrected chi connectivity index (χ2v) is 7.93. The van der Waals surface area contributed by atoms with Crippen LogP contribution in [0, 0.1) is 17.2 Å². The van der Waals surface area contributed by atoms with Gasteiger partial charge in [-0.3, -0.25) is 4.79 Å². The van der Waals surface area contributed by atoms with E-state index in [9.17, 15) is 14.3 Å². The molecular formula is C21H31FN2O3. The molecule has 2 aliphatic rings. The van der Waals surface area contributed by atoms with Crippen LogP contribution < -0.4 is 4.74 Å². The van der Waals surface area contributed by atoms with E-state index in [-0.39, 0.29) is 29.4 Å². The van der Waals surface area contributed by atoms with Crippen LogP contribution in [0.4, 0.5) is 4.39 Å². The van der Waals surface area contributed by atoms with Crippen LogP contribution in [-0.4, -0.2) is 67.3 Å². The Morgan fingerprint density at radius 1 is 1.30 bits per heavy atom. The van der Waals surface area contributed by atoms with Gasteiger partial charge in [0.25, 0.3) is 5.91 Å². The highest BCUT2D eigenvalue weighted by Gasteiger charge is 2.45. The fourth-order valence-corrected chi connectivity index (χ4v) is 4.71. The summed E-state index contributed by atoms with van der Waals surface area (Å²) in [5.41, 5.74) is 0.176. The summed E-state index contributed by atoms with van der Waals surface area (Å²) < 4.78 is 19.3. The van der Waals surface area contributed by atoms with Crippen LogP contribution in [0.3, 0.4) is 0 Å². The molecular weight excluding hydrogens is 347 g/mol. The van der Waals surface area contributed by atoms with Crippen LogP contribution in [0.1, 0.15) is 43.0 Å². The molecule has 6 heteroatoms. The van der Waals surface area contributed by atoms with Crippen molar-refractivity contribution in [2.24, 2.45) is 11.3 Å². The molecule has 2 saturated heterocycles. The van der Waals surface area contributed by atoms with Gasteiger partial charge in [-0.05, 0) is 62.9 Å². The van der Waals surface area contributed by atoms with Gasteiger partial charge in [-0.15, -0.1) is 0 Å². The summed E-state index contributed by atoms with van der Waals surface area (Å²) in [5, 5.41) is 10.0. The van der Waals surface area contributed by atoms with Gasteiger partial charge in [-0.25, -0.2) is 4.39 Å². The number of rotatable bonds is 5. The molecule has 2 heterocycles. The van der Waals surface area contributed by atoms with Gasteiger partial charge in [0, 0.05) is 31.7 Å². The van der Waals surface area contributed by atoms with Crippen molar-refractivity contribution in [2.45, 2.75) is 32.6 Å². The molecule has 5 nitrogen and oxygen atoms in total. The van der Waals surface area contributed by atoms with E-state index in [2.05, 4.69) is 11.8 Å². The lowest BCUT2D eigenvalue weighted by molar-refractivity contribution is -0.0351. The van der Waals surface area contributed by atoms with E-state index in [1.807, 2.05) is 0 Å². The predicted molar refractivity (Wildman–Crippen MR) is 102 cm³/mol. The molecule has 1 spiro atoms. The zero-order valence-electron chi connectivity index (χ0n) is 16.4. The maximum absolute atomic E-state index is 14.3. The van der Waals surface area contributed by atoms with Crippen molar-refractivity contribution in [3.8, 4) is 5.75 Å². The Bertz CT molecular complexity index is 659. The number of benzene rings is 1. The molecule has 1 amide bonds. The number of amides is 1. The number of aliphatic hydroxyl groups excluding tert-OH is 1. The highest BCUT2D eigenvalue weighted by atomic mass is 19.1. The van der Waals surface area contributed by atoms with Gasteiger partial charge in [0.05, 0.1) is 12.7 Å². The van der Waals surface area contributed by atoms with Gasteiger partial charge in [-0.2, -0.15) is 0 Å². The molecule has 0 aromatic heterocycles. The van der Waals surface area contributed by atoms with E-state index in [0.29, 0.717) is 18.8 Å². The SMILES string of the molecule is CCCN1CCC2(CC1)CCN(C(=O)c1ccc(OC)cc1F)C[C@@H]2CO. The standard InChI is InChI=1S/C21H31FN2O3/c1-3-9-23-10-6-21(7-11-23)8-12-24(14-16(21)15-25)20(26)18-5-4-17(27-2)13-19(18)22/h4-5,13,16,25H,3,6-12,14-15H2,1-2H3/t16-/m1/s1. The molecule has 1 aromatic carbocycles. The lowest BCUT2D eigenvalue weighted by Gasteiger charge is -2.51. The first kappa shape index (κ1) is 20.1. The minimum Gasteiger partial charge on any atom is -0.497 e. The first-order valence-corrected chi connectivity index (χ1v) is 9.99. The normalized spacial score (nSPS) is 22.8. The second-order valence-electron chi connectivity index (χ2n) is 7.93. The summed E-state index contributed by atoms with van der Waals surface area (Å²) in [5.74, 6) is -0.408. The second kappa shape index (κ2) is 8.57. The Labute approximate surface area is 161 Å². The van der Waals surface area contributed by atoms with Gasteiger partial charge in [-0.1, -0.05) is 6.92 Å². The zero-order valence-corrected chi connectivity index (χ0v) is 16.4. The topological polar surface area (TPSA) is 53.0 Å². The minimum atomic E-state index is -0.562. The van der Waals surface area contributed by atoms with Gasteiger partial charge in [0.15, 0.2) is 0 Å². The van der Waals surface area contributed by atoms with Crippen LogP contribution in [0.25, 0.3) is 0 Å². The molecule has 3 rings (SSSR count). The van der Waals surface area contributed by atoms with E-state index in [1.54, 1.807) is 11.0 Å². The molecule has 1 N–H and O–H groups in total. The van der Waals surface area contributed by atoms with Gasteiger partial charge < -0.3 is 19.6 Å². The molecule has 27 heavy (non-hydrogen) atoms. The van der Waals surface area contributed by atoms with Crippen molar-refractivity contribution in [3.05, 3.63) is 29.6 Å². The number of nitrogens with zero attached hydrogens (tertiary/aromatic N) is 2. The summed E-state index contributed by atoms with van der Waals surface area (Å²) in [6, 6.07) is 4.33. The Balaban J connectivity index is 1.68. The fraction of sp³-hybridized carbons (Fsp3) is 0.667. The lowest BCUT2D eigenvalue weighted by Crippen LogP contribution is -2.54. The quantitative estimate of drug-likeness (QED) is 0.856. The van der Waals surface area contributed by atoms with Crippen LogP contribution in [0.15, 0.2) is 18.2 Å². The summed E-state index contributed by atoms with van der Waals surface area (Å²) >= 11 is 0. The van der Waals surface area contributed by atoms with E-state index >= 15 is 0 Å². The monoisotopic (exact) mass is 378 g/mol. The molecule has 1 atom stereocenters. The number of likely N-dealkylation sites (tertiary alicyclic amines) is 2. The first-order chi connectivity index (χ1) is 13.0. The van der Waals surface area contributed by atoms with Crippen molar-refractivity contribution in [1.29, 1.82) is 0 Å². The van der Waals surface area contributed by atoms with Crippen molar-refractivity contribution in [2.75, 3.05) is 46.4 Å². The predicted octanol–water partition coefficient (Wildman–Crippen LogP) is 2.78. The molecule has 150 valence electrons. The molecule has 1 aromatic rings. The number of methoxy groups -OCH3 is 1. The average Bonchev–Trinajstić information content (AvgIpc) is 2.69. The third-order valence-electron chi connectivity index (χ3n) is 6.49. The Morgan fingerprint density at radius 3 is 2.59 bits per heavy atom. The van der Waals surface area contributed by atoms with Crippen LogP contribution in [0.5, 0.6) is 5.75 Å². The van der Waals surface area contributed by atoms with Crippen molar-refractivity contribution >= 4 is 5.91 Å². The first-order valence-electron chi connectivity index (χ1n) is 9.99. The number of hydrogen-bond donors (Lipinski definition) is 1. The van der Waals surface area contributed by atoms with E-state index in [4.69, 9.17) is 4.74 Å². The van der Waals surface area contributed by atoms with Crippen LogP contribution in [-0.2, 0) is 0 Å². The molecule has 0 bridgehead atoms. The molecule has 0 aliphatic carbocycles. The fourth-order valence-electron chi connectivity index (χ4n) is 4.71. The smallest absolute Gasteiger partial charge is 0.256 e. The highest BCUT2D eigenvalue weighted by molar-refractivity contribution is 5.94. The average molecular weight is 378 g/mol. The third-order valence-corrected chi connectivity index (χ3v) is 6.49. The Kier molecular flexibility index (Phi) is 6.37. The molecule has 2 fully saturated rings. The van der Waals surface area contributed by atoms with Crippen molar-refractivity contribution in [3.63, 3.8) is 0 Å². The molecule has 0 radical (unpaired) electrons. The van der Waals surface area contributed by atoms with Crippen molar-refractivity contribution < 1.29 is 19.0 Å². The number of ether oxygens (including phenoxy) is 1. The van der Waals surface area contributed by atoms with Gasteiger partial charge in [0.2, 0.25) is 0 Å². The molecule has 2 aliphatic heterocycles. The summed E-state index contributed by atoms with van der Waals surface area (Å²) in [6.45, 7) is 6.63. The zero-order chi connectivity index (χ0) is 19.4. The van der Waals surface area contributed by atoms with E-state index in [1.165, 1.54) is 19.2 Å². The van der Waals surface area contributed by atoms with Crippen LogP contribution >= 0.6 is 0 Å². The summed E-state index contributed by atoms with van der Waals surface area (Å²) in [4.78, 5) is 17.0. The summed E-state index contributed by atoms with van der Waals surface area (Å²) in [7, 11) is 1.47.